The van der Waals surface area contributed by atoms with Crippen LogP contribution in [0.3, 0.4) is 0 Å². The molecule has 3 heterocycles. The first-order valence-electron chi connectivity index (χ1n) is 15.8. The Morgan fingerprint density at radius 3 is 1.48 bits per heavy atom. The van der Waals surface area contributed by atoms with Crippen LogP contribution >= 0.6 is 0 Å². The number of carbonyl (C=O) groups excluding carboxylic acids is 2. The summed E-state index contributed by atoms with van der Waals surface area (Å²) in [7, 11) is 1.57. The van der Waals surface area contributed by atoms with Gasteiger partial charge in [-0.3, -0.25) is 29.5 Å². The van der Waals surface area contributed by atoms with Crippen molar-refractivity contribution < 1.29 is 24.9 Å². The van der Waals surface area contributed by atoms with E-state index in [1.54, 1.807) is 31.3 Å². The number of likely N-dealkylation sites (N-methyl/N-ethyl adjacent to an activating group) is 2. The summed E-state index contributed by atoms with van der Waals surface area (Å²) in [6, 6.07) is 25.4. The SMILES string of the molecule is CCN(CCN(Cc1ccccn1)Cc1ccccn1)Cc1ccccn1.CNC(CO)(CO)CO.O=CCc1ccc(NC=O)cc1. The molecule has 258 valence electrons. The Balaban J connectivity index is 0.000000314. The maximum atomic E-state index is 10.1. The van der Waals surface area contributed by atoms with E-state index in [2.05, 4.69) is 60.5 Å². The molecule has 0 unspecified atom stereocenters. The Hall–Kier alpha value is -4.43. The number of benzene rings is 1. The number of aldehydes is 1. The summed E-state index contributed by atoms with van der Waals surface area (Å²) in [5, 5.41) is 30.9. The summed E-state index contributed by atoms with van der Waals surface area (Å²) in [6.07, 6.45) is 7.46. The normalized spacial score (nSPS) is 10.8. The van der Waals surface area contributed by atoms with Crippen LogP contribution in [0.2, 0.25) is 0 Å². The third-order valence-corrected chi connectivity index (χ3v) is 7.45. The van der Waals surface area contributed by atoms with Crippen LogP contribution in [-0.4, -0.2) is 105 Å². The van der Waals surface area contributed by atoms with E-state index < -0.39 is 5.54 Å². The number of amides is 1. The van der Waals surface area contributed by atoms with Gasteiger partial charge >= 0.3 is 0 Å². The highest BCUT2D eigenvalue weighted by molar-refractivity contribution is 5.71. The lowest BCUT2D eigenvalue weighted by Gasteiger charge is -2.26. The molecule has 0 aliphatic carbocycles. The fourth-order valence-corrected chi connectivity index (χ4v) is 4.30. The number of nitrogens with one attached hydrogen (secondary N) is 2. The molecule has 0 aliphatic heterocycles. The van der Waals surface area contributed by atoms with Gasteiger partial charge < -0.3 is 30.7 Å². The summed E-state index contributed by atoms with van der Waals surface area (Å²) < 4.78 is 0. The molecule has 0 bridgehead atoms. The van der Waals surface area contributed by atoms with E-state index in [4.69, 9.17) is 15.3 Å². The lowest BCUT2D eigenvalue weighted by molar-refractivity contribution is -0.107. The largest absolute Gasteiger partial charge is 0.394 e. The van der Waals surface area contributed by atoms with Crippen molar-refractivity contribution in [2.45, 2.75) is 38.5 Å². The summed E-state index contributed by atoms with van der Waals surface area (Å²) >= 11 is 0. The third-order valence-electron chi connectivity index (χ3n) is 7.45. The van der Waals surface area contributed by atoms with Gasteiger partial charge in [0, 0.05) is 63.4 Å². The number of anilines is 1. The minimum atomic E-state index is -0.917. The first-order chi connectivity index (χ1) is 23.4. The molecule has 12 heteroatoms. The predicted molar refractivity (Wildman–Crippen MR) is 187 cm³/mol. The summed E-state index contributed by atoms with van der Waals surface area (Å²) in [5.41, 5.74) is 4.05. The van der Waals surface area contributed by atoms with E-state index in [0.29, 0.717) is 12.8 Å². The van der Waals surface area contributed by atoms with Crippen LogP contribution in [0.4, 0.5) is 5.69 Å². The maximum Gasteiger partial charge on any atom is 0.211 e. The van der Waals surface area contributed by atoms with Gasteiger partial charge in [0.1, 0.15) is 6.29 Å². The molecule has 1 aromatic carbocycles. The molecule has 0 saturated heterocycles. The number of hydrogen-bond acceptors (Lipinski definition) is 11. The number of aliphatic hydroxyl groups excluding tert-OH is 3. The summed E-state index contributed by atoms with van der Waals surface area (Å²) in [4.78, 5) is 38.4. The van der Waals surface area contributed by atoms with E-state index in [0.717, 1.165) is 73.9 Å². The maximum absolute atomic E-state index is 10.1. The van der Waals surface area contributed by atoms with E-state index in [1.165, 1.54) is 0 Å². The minimum absolute atomic E-state index is 0.267. The van der Waals surface area contributed by atoms with Gasteiger partial charge in [0.15, 0.2) is 0 Å². The molecule has 0 saturated carbocycles. The van der Waals surface area contributed by atoms with E-state index in [1.807, 2.05) is 55.0 Å². The van der Waals surface area contributed by atoms with Crippen LogP contribution in [-0.2, 0) is 35.6 Å². The predicted octanol–water partition coefficient (Wildman–Crippen LogP) is 2.31. The number of aromatic nitrogens is 3. The molecule has 3 aromatic heterocycles. The van der Waals surface area contributed by atoms with Crippen LogP contribution in [0, 0.1) is 0 Å². The second kappa shape index (κ2) is 23.8. The summed E-state index contributed by atoms with van der Waals surface area (Å²) in [5.74, 6) is 0. The lowest BCUT2D eigenvalue weighted by Crippen LogP contribution is -2.52. The highest BCUT2D eigenvalue weighted by Gasteiger charge is 2.24. The fourth-order valence-electron chi connectivity index (χ4n) is 4.30. The Labute approximate surface area is 283 Å². The van der Waals surface area contributed by atoms with Gasteiger partial charge in [-0.15, -0.1) is 0 Å². The van der Waals surface area contributed by atoms with E-state index >= 15 is 0 Å². The number of carbonyl (C=O) groups is 2. The number of pyridine rings is 3. The molecule has 48 heavy (non-hydrogen) atoms. The molecule has 0 atom stereocenters. The zero-order valence-corrected chi connectivity index (χ0v) is 27.9. The lowest BCUT2D eigenvalue weighted by atomic mass is 10.1. The number of aliphatic hydroxyl groups is 3. The Kier molecular flexibility index (Phi) is 19.7. The molecule has 4 rings (SSSR count). The van der Waals surface area contributed by atoms with Crippen molar-refractivity contribution in [3.05, 3.63) is 120 Å². The smallest absolute Gasteiger partial charge is 0.211 e. The van der Waals surface area contributed by atoms with Gasteiger partial charge in [-0.2, -0.15) is 0 Å². The van der Waals surface area contributed by atoms with Gasteiger partial charge in [0.05, 0.1) is 42.4 Å². The Morgan fingerprint density at radius 1 is 0.688 bits per heavy atom. The molecule has 0 spiro atoms. The first kappa shape index (κ1) is 39.7. The van der Waals surface area contributed by atoms with Gasteiger partial charge in [-0.05, 0) is 67.7 Å². The zero-order chi connectivity index (χ0) is 34.9. The number of rotatable bonds is 18. The van der Waals surface area contributed by atoms with Crippen molar-refractivity contribution in [3.63, 3.8) is 0 Å². The van der Waals surface area contributed by atoms with Crippen LogP contribution in [0.25, 0.3) is 0 Å². The second-order valence-electron chi connectivity index (χ2n) is 10.9. The topological polar surface area (TPSA) is 164 Å². The standard InChI is InChI=1S/C22H27N5.C9H9NO2.C5H13NO3/c1-2-26(17-20-9-3-6-12-23-20)15-16-27(18-21-10-4-7-13-24-21)19-22-11-5-8-14-25-22;11-6-5-8-1-3-9(4-2-8)10-7-12;1-6-5(2-7,3-8)4-9/h3-14H,2,15-19H2,1H3;1-4,6-7H,5H2,(H,10,12);6-9H,2-4H2,1H3. The molecule has 1 amide bonds. The molecular weight excluding hydrogens is 610 g/mol. The van der Waals surface area contributed by atoms with E-state index in [-0.39, 0.29) is 19.8 Å². The first-order valence-corrected chi connectivity index (χ1v) is 15.8. The summed E-state index contributed by atoms with van der Waals surface area (Å²) in [6.45, 7) is 6.84. The minimum Gasteiger partial charge on any atom is -0.394 e. The van der Waals surface area contributed by atoms with Crippen LogP contribution < -0.4 is 10.6 Å². The van der Waals surface area contributed by atoms with Crippen LogP contribution in [0.1, 0.15) is 29.6 Å². The van der Waals surface area contributed by atoms with Crippen molar-refractivity contribution in [1.82, 2.24) is 30.1 Å². The highest BCUT2D eigenvalue weighted by atomic mass is 16.3. The van der Waals surface area contributed by atoms with Gasteiger partial charge in [0.25, 0.3) is 0 Å². The molecule has 4 aromatic rings. The molecule has 0 fully saturated rings. The molecule has 0 aliphatic rings. The van der Waals surface area contributed by atoms with Crippen LogP contribution in [0.15, 0.2) is 97.5 Å². The third kappa shape index (κ3) is 15.4. The van der Waals surface area contributed by atoms with Crippen molar-refractivity contribution in [2.24, 2.45) is 0 Å². The average Bonchev–Trinajstić information content (AvgIpc) is 3.14. The van der Waals surface area contributed by atoms with E-state index in [9.17, 15) is 9.59 Å². The van der Waals surface area contributed by atoms with Gasteiger partial charge in [-0.25, -0.2) is 0 Å². The fraction of sp³-hybridized carbons (Fsp3) is 0.361. The Morgan fingerprint density at radius 2 is 1.15 bits per heavy atom. The van der Waals surface area contributed by atoms with Crippen LogP contribution in [0.5, 0.6) is 0 Å². The molecule has 5 N–H and O–H groups in total. The van der Waals surface area contributed by atoms with Crippen molar-refractivity contribution in [2.75, 3.05) is 51.8 Å². The molecular formula is C36H49N7O5. The molecule has 12 nitrogen and oxygen atoms in total. The number of hydrogen-bond donors (Lipinski definition) is 5. The van der Waals surface area contributed by atoms with Gasteiger partial charge in [-0.1, -0.05) is 37.3 Å². The monoisotopic (exact) mass is 659 g/mol. The Bertz CT molecular complexity index is 1290. The second-order valence-corrected chi connectivity index (χ2v) is 10.9. The average molecular weight is 660 g/mol. The highest BCUT2D eigenvalue weighted by Crippen LogP contribution is 2.09. The van der Waals surface area contributed by atoms with Crippen molar-refractivity contribution >= 4 is 18.4 Å². The zero-order valence-electron chi connectivity index (χ0n) is 27.9. The quantitative estimate of drug-likeness (QED) is 0.0997. The molecule has 0 radical (unpaired) electrons. The van der Waals surface area contributed by atoms with Gasteiger partial charge in [0.2, 0.25) is 6.41 Å². The van der Waals surface area contributed by atoms with Crippen molar-refractivity contribution in [1.29, 1.82) is 0 Å². The van der Waals surface area contributed by atoms with Crippen molar-refractivity contribution in [3.8, 4) is 0 Å². The number of nitrogens with zero attached hydrogens (tertiary/aromatic N) is 5.